The van der Waals surface area contributed by atoms with Crippen LogP contribution in [0.1, 0.15) is 16.4 Å². The van der Waals surface area contributed by atoms with Crippen LogP contribution in [-0.2, 0) is 4.79 Å². The summed E-state index contributed by atoms with van der Waals surface area (Å²) in [5, 5.41) is 2.84. The Bertz CT molecular complexity index is 565. The fourth-order valence-electron chi connectivity index (χ4n) is 2.00. The van der Waals surface area contributed by atoms with Crippen molar-refractivity contribution < 1.29 is 4.79 Å². The Morgan fingerprint density at radius 1 is 1.05 bits per heavy atom. The molecule has 2 nitrogen and oxygen atoms in total. The normalized spacial score (nSPS) is 10.1. The molecule has 0 spiro atoms. The number of amides is 1. The summed E-state index contributed by atoms with van der Waals surface area (Å²) < 4.78 is 0. The first-order chi connectivity index (χ1) is 10.3. The summed E-state index contributed by atoms with van der Waals surface area (Å²) >= 11 is 1.61. The van der Waals surface area contributed by atoms with Gasteiger partial charge in [0.25, 0.3) is 0 Å². The molecule has 0 saturated heterocycles. The number of thioether (sulfide) groups is 1. The Balaban J connectivity index is 2.11. The molecule has 0 unspecified atom stereocenters. The Labute approximate surface area is 130 Å². The number of terminal acetylenes is 1. The summed E-state index contributed by atoms with van der Waals surface area (Å²) in [5.74, 6) is 2.76. The predicted molar refractivity (Wildman–Crippen MR) is 89.0 cm³/mol. The number of carbonyl (C=O) groups excluding carboxylic acids is 1. The first-order valence-corrected chi connectivity index (χ1v) is 7.78. The van der Waals surface area contributed by atoms with Gasteiger partial charge in [0.2, 0.25) is 5.91 Å². The number of nitrogens with one attached hydrogen (secondary N) is 1. The van der Waals surface area contributed by atoms with E-state index in [0.717, 1.165) is 0 Å². The van der Waals surface area contributed by atoms with Crippen LogP contribution in [0.5, 0.6) is 0 Å². The third-order valence-corrected chi connectivity index (χ3v) is 4.28. The zero-order chi connectivity index (χ0) is 14.9. The molecule has 0 aliphatic heterocycles. The predicted octanol–water partition coefficient (Wildman–Crippen LogP) is 3.26. The van der Waals surface area contributed by atoms with E-state index in [1.54, 1.807) is 11.8 Å². The number of hydrogen-bond acceptors (Lipinski definition) is 2. The number of carbonyl (C=O) groups is 1. The minimum atomic E-state index is -0.0326. The van der Waals surface area contributed by atoms with E-state index < -0.39 is 0 Å². The lowest BCUT2D eigenvalue weighted by atomic mass is 10.0. The molecule has 106 valence electrons. The van der Waals surface area contributed by atoms with E-state index >= 15 is 0 Å². The van der Waals surface area contributed by atoms with Gasteiger partial charge in [-0.3, -0.25) is 4.79 Å². The molecule has 2 aromatic carbocycles. The molecular formula is C18H17NOS. The molecular weight excluding hydrogens is 278 g/mol. The third-order valence-electron chi connectivity index (χ3n) is 2.97. The quantitative estimate of drug-likeness (QED) is 0.829. The highest BCUT2D eigenvalue weighted by Crippen LogP contribution is 2.35. The monoisotopic (exact) mass is 295 g/mol. The molecule has 0 aliphatic carbocycles. The first kappa shape index (κ1) is 15.2. The molecule has 0 heterocycles. The van der Waals surface area contributed by atoms with Crippen LogP contribution in [0.25, 0.3) is 0 Å². The lowest BCUT2D eigenvalue weighted by molar-refractivity contribution is -0.118. The molecule has 2 aromatic rings. The molecule has 0 saturated carbocycles. The average Bonchev–Trinajstić information content (AvgIpc) is 2.55. The van der Waals surface area contributed by atoms with Gasteiger partial charge in [0.05, 0.1) is 17.5 Å². The van der Waals surface area contributed by atoms with Crippen LogP contribution >= 0.6 is 11.8 Å². The van der Waals surface area contributed by atoms with E-state index in [0.29, 0.717) is 5.75 Å². The van der Waals surface area contributed by atoms with Crippen molar-refractivity contribution in [2.45, 2.75) is 5.25 Å². The van der Waals surface area contributed by atoms with E-state index in [1.807, 2.05) is 36.4 Å². The van der Waals surface area contributed by atoms with Crippen LogP contribution in [0.4, 0.5) is 0 Å². The topological polar surface area (TPSA) is 29.1 Å². The summed E-state index contributed by atoms with van der Waals surface area (Å²) in [5.41, 5.74) is 2.39. The lowest BCUT2D eigenvalue weighted by Gasteiger charge is -2.17. The minimum Gasteiger partial charge on any atom is -0.344 e. The molecule has 2 rings (SSSR count). The van der Waals surface area contributed by atoms with Crippen LogP contribution in [0.3, 0.4) is 0 Å². The second-order valence-electron chi connectivity index (χ2n) is 4.49. The van der Waals surface area contributed by atoms with E-state index in [9.17, 15) is 4.79 Å². The molecule has 0 atom stereocenters. The molecule has 0 aliphatic rings. The summed E-state index contributed by atoms with van der Waals surface area (Å²) in [7, 11) is 0. The third kappa shape index (κ3) is 4.70. The Morgan fingerprint density at radius 3 is 2.05 bits per heavy atom. The standard InChI is InChI=1S/C18H17NOS/c1-2-13-19-17(20)14-21-18(15-9-5-3-6-10-15)16-11-7-4-8-12-16/h1,3-12,18H,13-14H2,(H,19,20). The van der Waals surface area contributed by atoms with Gasteiger partial charge in [0.1, 0.15) is 0 Å². The molecule has 1 N–H and O–H groups in total. The fourth-order valence-corrected chi connectivity index (χ4v) is 3.12. The van der Waals surface area contributed by atoms with Crippen molar-refractivity contribution >= 4 is 17.7 Å². The number of rotatable bonds is 6. The second-order valence-corrected chi connectivity index (χ2v) is 5.59. The van der Waals surface area contributed by atoms with Crippen molar-refractivity contribution in [2.75, 3.05) is 12.3 Å². The lowest BCUT2D eigenvalue weighted by Crippen LogP contribution is -2.25. The zero-order valence-corrected chi connectivity index (χ0v) is 12.5. The Hall–Kier alpha value is -2.18. The summed E-state index contributed by atoms with van der Waals surface area (Å²) in [4.78, 5) is 11.7. The van der Waals surface area contributed by atoms with E-state index in [4.69, 9.17) is 6.42 Å². The summed E-state index contributed by atoms with van der Waals surface area (Å²) in [6, 6.07) is 20.4. The summed E-state index contributed by atoms with van der Waals surface area (Å²) in [6.45, 7) is 0.279. The molecule has 0 radical (unpaired) electrons. The van der Waals surface area contributed by atoms with E-state index in [-0.39, 0.29) is 17.7 Å². The molecule has 21 heavy (non-hydrogen) atoms. The molecule has 3 heteroatoms. The maximum atomic E-state index is 11.7. The number of benzene rings is 2. The van der Waals surface area contributed by atoms with Crippen LogP contribution in [-0.4, -0.2) is 18.2 Å². The van der Waals surface area contributed by atoms with Crippen LogP contribution in [0.2, 0.25) is 0 Å². The highest BCUT2D eigenvalue weighted by molar-refractivity contribution is 8.00. The SMILES string of the molecule is C#CCNC(=O)CSC(c1ccccc1)c1ccccc1. The molecule has 0 aromatic heterocycles. The zero-order valence-electron chi connectivity index (χ0n) is 11.7. The van der Waals surface area contributed by atoms with Crippen molar-refractivity contribution in [3.8, 4) is 12.3 Å². The highest BCUT2D eigenvalue weighted by atomic mass is 32.2. The van der Waals surface area contributed by atoms with Gasteiger partial charge in [-0.15, -0.1) is 18.2 Å². The van der Waals surface area contributed by atoms with E-state index in [2.05, 4.69) is 35.5 Å². The van der Waals surface area contributed by atoms with Gasteiger partial charge < -0.3 is 5.32 Å². The minimum absolute atomic E-state index is 0.0326. The Kier molecular flexibility index (Phi) is 5.93. The second kappa shape index (κ2) is 8.18. The van der Waals surface area contributed by atoms with Crippen molar-refractivity contribution in [1.82, 2.24) is 5.32 Å². The number of hydrogen-bond donors (Lipinski definition) is 1. The van der Waals surface area contributed by atoms with Crippen molar-refractivity contribution in [2.24, 2.45) is 0 Å². The van der Waals surface area contributed by atoms with Gasteiger partial charge in [-0.2, -0.15) is 0 Å². The maximum absolute atomic E-state index is 11.7. The van der Waals surface area contributed by atoms with Crippen molar-refractivity contribution in [3.05, 3.63) is 71.8 Å². The van der Waals surface area contributed by atoms with Gasteiger partial charge in [0.15, 0.2) is 0 Å². The van der Waals surface area contributed by atoms with Crippen LogP contribution in [0.15, 0.2) is 60.7 Å². The van der Waals surface area contributed by atoms with Gasteiger partial charge >= 0.3 is 0 Å². The Morgan fingerprint density at radius 2 is 1.57 bits per heavy atom. The van der Waals surface area contributed by atoms with Crippen molar-refractivity contribution in [1.29, 1.82) is 0 Å². The van der Waals surface area contributed by atoms with Gasteiger partial charge in [-0.05, 0) is 11.1 Å². The highest BCUT2D eigenvalue weighted by Gasteiger charge is 2.15. The van der Waals surface area contributed by atoms with Gasteiger partial charge in [-0.25, -0.2) is 0 Å². The van der Waals surface area contributed by atoms with E-state index in [1.165, 1.54) is 11.1 Å². The molecule has 0 bridgehead atoms. The largest absolute Gasteiger partial charge is 0.344 e. The van der Waals surface area contributed by atoms with Crippen molar-refractivity contribution in [3.63, 3.8) is 0 Å². The maximum Gasteiger partial charge on any atom is 0.230 e. The molecule has 0 fully saturated rings. The average molecular weight is 295 g/mol. The molecule has 1 amide bonds. The van der Waals surface area contributed by atoms with Crippen LogP contribution < -0.4 is 5.32 Å². The fraction of sp³-hybridized carbons (Fsp3) is 0.167. The summed E-state index contributed by atoms with van der Waals surface area (Å²) in [6.07, 6.45) is 5.14. The van der Waals surface area contributed by atoms with Crippen LogP contribution in [0, 0.1) is 12.3 Å². The van der Waals surface area contributed by atoms with Gasteiger partial charge in [-0.1, -0.05) is 66.6 Å². The first-order valence-electron chi connectivity index (χ1n) is 6.73. The van der Waals surface area contributed by atoms with Gasteiger partial charge in [0, 0.05) is 0 Å². The smallest absolute Gasteiger partial charge is 0.230 e.